The van der Waals surface area contributed by atoms with Gasteiger partial charge in [-0.05, 0) is 43.5 Å². The van der Waals surface area contributed by atoms with E-state index in [2.05, 4.69) is 32.9 Å². The van der Waals surface area contributed by atoms with E-state index in [4.69, 9.17) is 0 Å². The highest BCUT2D eigenvalue weighted by Crippen LogP contribution is 2.24. The van der Waals surface area contributed by atoms with Crippen LogP contribution in [0.2, 0.25) is 0 Å². The number of hydrogen-bond acceptors (Lipinski definition) is 3. The Hall–Kier alpha value is -0.430. The highest BCUT2D eigenvalue weighted by Gasteiger charge is 2.27. The zero-order valence-corrected chi connectivity index (χ0v) is 13.5. The number of sulfonamides is 1. The Morgan fingerprint density at radius 3 is 2.84 bits per heavy atom. The van der Waals surface area contributed by atoms with E-state index in [0.29, 0.717) is 17.4 Å². The first-order chi connectivity index (χ1) is 8.92. The summed E-state index contributed by atoms with van der Waals surface area (Å²) >= 11 is 3.37. The van der Waals surface area contributed by atoms with Crippen molar-refractivity contribution in [2.24, 2.45) is 5.92 Å². The molecule has 2 N–H and O–H groups in total. The molecule has 0 saturated carbocycles. The molecule has 0 aromatic heterocycles. The number of hydrogen-bond donors (Lipinski definition) is 2. The molecule has 1 aliphatic heterocycles. The molecule has 0 amide bonds. The minimum Gasteiger partial charge on any atom is -0.315 e. The molecule has 2 atom stereocenters. The SMILES string of the molecule is Cc1c(Br)cccc1S(=O)(=O)NC1CNCCC1C. The van der Waals surface area contributed by atoms with Crippen LogP contribution >= 0.6 is 15.9 Å². The fourth-order valence-electron chi connectivity index (χ4n) is 2.29. The second-order valence-corrected chi connectivity index (χ2v) is 7.60. The molecule has 0 bridgehead atoms. The zero-order chi connectivity index (χ0) is 14.0. The third-order valence-electron chi connectivity index (χ3n) is 3.64. The van der Waals surface area contributed by atoms with Crippen LogP contribution in [0.15, 0.2) is 27.6 Å². The first kappa shape index (κ1) is 15.0. The van der Waals surface area contributed by atoms with Crippen LogP contribution in [0.4, 0.5) is 0 Å². The van der Waals surface area contributed by atoms with Crippen LogP contribution in [-0.4, -0.2) is 27.5 Å². The van der Waals surface area contributed by atoms with Gasteiger partial charge >= 0.3 is 0 Å². The third kappa shape index (κ3) is 3.37. The second-order valence-electron chi connectivity index (χ2n) is 5.06. The summed E-state index contributed by atoms with van der Waals surface area (Å²) in [6, 6.07) is 5.19. The van der Waals surface area contributed by atoms with Crippen molar-refractivity contribution in [3.63, 3.8) is 0 Å². The Labute approximate surface area is 123 Å². The summed E-state index contributed by atoms with van der Waals surface area (Å²) in [5.41, 5.74) is 0.742. The highest BCUT2D eigenvalue weighted by atomic mass is 79.9. The highest BCUT2D eigenvalue weighted by molar-refractivity contribution is 9.10. The molecule has 1 aromatic rings. The van der Waals surface area contributed by atoms with Gasteiger partial charge in [-0.15, -0.1) is 0 Å². The predicted octanol–water partition coefficient (Wildman–Crippen LogP) is 2.03. The Balaban J connectivity index is 2.25. The summed E-state index contributed by atoms with van der Waals surface area (Å²) in [6.45, 7) is 5.53. The molecule has 0 radical (unpaired) electrons. The van der Waals surface area contributed by atoms with E-state index >= 15 is 0 Å². The molecular weight excluding hydrogens is 328 g/mol. The van der Waals surface area contributed by atoms with Crippen LogP contribution in [0.3, 0.4) is 0 Å². The summed E-state index contributed by atoms with van der Waals surface area (Å²) in [5, 5.41) is 3.23. The molecule has 1 heterocycles. The van der Waals surface area contributed by atoms with Crippen molar-refractivity contribution >= 4 is 26.0 Å². The van der Waals surface area contributed by atoms with Crippen molar-refractivity contribution in [3.05, 3.63) is 28.2 Å². The van der Waals surface area contributed by atoms with Gasteiger partial charge in [0.1, 0.15) is 0 Å². The van der Waals surface area contributed by atoms with E-state index in [1.807, 2.05) is 6.07 Å². The Kier molecular flexibility index (Phi) is 4.66. The maximum Gasteiger partial charge on any atom is 0.241 e. The summed E-state index contributed by atoms with van der Waals surface area (Å²) in [6.07, 6.45) is 0.991. The average molecular weight is 347 g/mol. The molecule has 2 unspecified atom stereocenters. The van der Waals surface area contributed by atoms with Crippen molar-refractivity contribution in [1.82, 2.24) is 10.0 Å². The van der Waals surface area contributed by atoms with Gasteiger partial charge in [-0.3, -0.25) is 0 Å². The van der Waals surface area contributed by atoms with E-state index in [1.54, 1.807) is 19.1 Å². The van der Waals surface area contributed by atoms with Gasteiger partial charge in [0.15, 0.2) is 0 Å². The maximum absolute atomic E-state index is 12.5. The molecule has 1 aliphatic rings. The molecule has 106 valence electrons. The van der Waals surface area contributed by atoms with E-state index in [-0.39, 0.29) is 6.04 Å². The quantitative estimate of drug-likeness (QED) is 0.880. The van der Waals surface area contributed by atoms with Crippen LogP contribution in [0.1, 0.15) is 18.9 Å². The topological polar surface area (TPSA) is 58.2 Å². The predicted molar refractivity (Wildman–Crippen MR) is 79.6 cm³/mol. The van der Waals surface area contributed by atoms with Gasteiger partial charge in [-0.1, -0.05) is 28.9 Å². The summed E-state index contributed by atoms with van der Waals surface area (Å²) in [5.74, 6) is 0.350. The summed E-state index contributed by atoms with van der Waals surface area (Å²) in [4.78, 5) is 0.347. The molecule has 1 aromatic carbocycles. The molecule has 19 heavy (non-hydrogen) atoms. The van der Waals surface area contributed by atoms with Crippen LogP contribution in [0.25, 0.3) is 0 Å². The van der Waals surface area contributed by atoms with Crippen LogP contribution in [0, 0.1) is 12.8 Å². The molecular formula is C13H19BrN2O2S. The molecule has 1 fully saturated rings. The standard InChI is InChI=1S/C13H19BrN2O2S/c1-9-6-7-15-8-12(9)16-19(17,18)13-5-3-4-11(14)10(13)2/h3-5,9,12,15-16H,6-8H2,1-2H3. The first-order valence-electron chi connectivity index (χ1n) is 6.40. The van der Waals surface area contributed by atoms with Gasteiger partial charge < -0.3 is 5.32 Å². The molecule has 6 heteroatoms. The number of benzene rings is 1. The number of rotatable bonds is 3. The van der Waals surface area contributed by atoms with Crippen molar-refractivity contribution in [1.29, 1.82) is 0 Å². The van der Waals surface area contributed by atoms with Gasteiger partial charge in [-0.25, -0.2) is 13.1 Å². The van der Waals surface area contributed by atoms with Gasteiger partial charge in [0.05, 0.1) is 4.90 Å². The normalized spacial score (nSPS) is 24.4. The molecule has 0 spiro atoms. The zero-order valence-electron chi connectivity index (χ0n) is 11.1. The van der Waals surface area contributed by atoms with E-state index in [0.717, 1.165) is 23.0 Å². The van der Waals surface area contributed by atoms with Crippen molar-refractivity contribution in [3.8, 4) is 0 Å². The number of nitrogens with one attached hydrogen (secondary N) is 2. The second kappa shape index (κ2) is 5.91. The lowest BCUT2D eigenvalue weighted by atomic mass is 9.96. The maximum atomic E-state index is 12.5. The molecule has 1 saturated heterocycles. The van der Waals surface area contributed by atoms with Crippen LogP contribution in [-0.2, 0) is 10.0 Å². The smallest absolute Gasteiger partial charge is 0.241 e. The van der Waals surface area contributed by atoms with Crippen molar-refractivity contribution < 1.29 is 8.42 Å². The lowest BCUT2D eigenvalue weighted by Crippen LogP contribution is -2.50. The number of halogens is 1. The van der Waals surface area contributed by atoms with Gasteiger partial charge in [-0.2, -0.15) is 0 Å². The van der Waals surface area contributed by atoms with Gasteiger partial charge in [0.2, 0.25) is 10.0 Å². The van der Waals surface area contributed by atoms with E-state index < -0.39 is 10.0 Å². The van der Waals surface area contributed by atoms with Crippen molar-refractivity contribution in [2.75, 3.05) is 13.1 Å². The Morgan fingerprint density at radius 1 is 1.42 bits per heavy atom. The summed E-state index contributed by atoms with van der Waals surface area (Å²) < 4.78 is 28.5. The van der Waals surface area contributed by atoms with E-state index in [1.165, 1.54) is 0 Å². The monoisotopic (exact) mass is 346 g/mol. The largest absolute Gasteiger partial charge is 0.315 e. The molecule has 2 rings (SSSR count). The summed E-state index contributed by atoms with van der Waals surface area (Å²) in [7, 11) is -3.47. The number of piperidine rings is 1. The molecule has 4 nitrogen and oxygen atoms in total. The van der Waals surface area contributed by atoms with Crippen LogP contribution in [0.5, 0.6) is 0 Å². The molecule has 0 aliphatic carbocycles. The third-order valence-corrected chi connectivity index (χ3v) is 6.14. The Morgan fingerprint density at radius 2 is 2.16 bits per heavy atom. The Bertz CT molecular complexity index is 560. The first-order valence-corrected chi connectivity index (χ1v) is 8.67. The lowest BCUT2D eigenvalue weighted by Gasteiger charge is -2.30. The minimum atomic E-state index is -3.47. The fourth-order valence-corrected chi connectivity index (χ4v) is 4.40. The van der Waals surface area contributed by atoms with Gasteiger partial charge in [0, 0.05) is 17.1 Å². The van der Waals surface area contributed by atoms with E-state index in [9.17, 15) is 8.42 Å². The van der Waals surface area contributed by atoms with Crippen LogP contribution < -0.4 is 10.0 Å². The fraction of sp³-hybridized carbons (Fsp3) is 0.538. The average Bonchev–Trinajstić information content (AvgIpc) is 2.35. The van der Waals surface area contributed by atoms with Crippen molar-refractivity contribution in [2.45, 2.75) is 31.2 Å². The lowest BCUT2D eigenvalue weighted by molar-refractivity contribution is 0.327. The minimum absolute atomic E-state index is 0.0443. The van der Waals surface area contributed by atoms with Gasteiger partial charge in [0.25, 0.3) is 0 Å².